The number of amides is 2. The van der Waals surface area contributed by atoms with E-state index in [2.05, 4.69) is 10.6 Å². The molecule has 0 fully saturated rings. The minimum absolute atomic E-state index is 0.101. The Labute approximate surface area is 271 Å². The van der Waals surface area contributed by atoms with E-state index in [0.717, 1.165) is 16.7 Å². The quantitative estimate of drug-likeness (QED) is 0.266. The summed E-state index contributed by atoms with van der Waals surface area (Å²) in [4.78, 5) is 52.9. The molecule has 3 aromatic rings. The summed E-state index contributed by atoms with van der Waals surface area (Å²) in [6, 6.07) is 15.2. The van der Waals surface area contributed by atoms with Crippen molar-refractivity contribution >= 4 is 23.7 Å². The first-order chi connectivity index (χ1) is 21.3. The van der Waals surface area contributed by atoms with Gasteiger partial charge in [0, 0.05) is 12.6 Å². The molecule has 248 valence electrons. The predicted molar refractivity (Wildman–Crippen MR) is 178 cm³/mol. The minimum Gasteiger partial charge on any atom is -0.497 e. The second kappa shape index (κ2) is 14.2. The van der Waals surface area contributed by atoms with Gasteiger partial charge in [0.1, 0.15) is 28.7 Å². The lowest BCUT2D eigenvalue weighted by atomic mass is 9.84. The molecular formula is C36H47N3O7. The molecule has 2 N–H and O–H groups in total. The maximum absolute atomic E-state index is 13.7. The van der Waals surface area contributed by atoms with Crippen LogP contribution in [0.1, 0.15) is 77.6 Å². The van der Waals surface area contributed by atoms with Crippen molar-refractivity contribution in [1.82, 2.24) is 9.88 Å². The van der Waals surface area contributed by atoms with E-state index >= 15 is 0 Å². The summed E-state index contributed by atoms with van der Waals surface area (Å²) >= 11 is 0. The molecule has 2 amide bonds. The zero-order valence-corrected chi connectivity index (χ0v) is 28.6. The molecular weight excluding hydrogens is 586 g/mol. The number of aromatic nitrogens is 1. The van der Waals surface area contributed by atoms with Crippen molar-refractivity contribution in [3.05, 3.63) is 93.4 Å². The van der Waals surface area contributed by atoms with Crippen LogP contribution in [0.3, 0.4) is 0 Å². The molecule has 1 heterocycles. The lowest BCUT2D eigenvalue weighted by Crippen LogP contribution is -2.47. The number of rotatable bonds is 10. The van der Waals surface area contributed by atoms with Gasteiger partial charge in [-0.3, -0.25) is 14.4 Å². The van der Waals surface area contributed by atoms with Gasteiger partial charge in [0.2, 0.25) is 5.91 Å². The summed E-state index contributed by atoms with van der Waals surface area (Å²) in [5, 5.41) is 5.43. The van der Waals surface area contributed by atoms with E-state index in [9.17, 15) is 19.2 Å². The van der Waals surface area contributed by atoms with Gasteiger partial charge in [-0.15, -0.1) is 0 Å². The monoisotopic (exact) mass is 633 g/mol. The fourth-order valence-electron chi connectivity index (χ4n) is 4.56. The molecule has 0 bridgehead atoms. The van der Waals surface area contributed by atoms with Crippen molar-refractivity contribution in [2.24, 2.45) is 0 Å². The van der Waals surface area contributed by atoms with Crippen LogP contribution in [-0.4, -0.2) is 46.9 Å². The number of carbonyl (C=O) groups is 3. The molecule has 1 aromatic heterocycles. The normalized spacial score (nSPS) is 12.6. The Balaban J connectivity index is 1.87. The Bertz CT molecular complexity index is 1590. The van der Waals surface area contributed by atoms with Crippen LogP contribution in [0.4, 0.5) is 10.5 Å². The maximum atomic E-state index is 13.7. The third-order valence-corrected chi connectivity index (χ3v) is 7.17. The number of methoxy groups -OCH3 is 1. The van der Waals surface area contributed by atoms with E-state index in [1.807, 2.05) is 45.0 Å². The Morgan fingerprint density at radius 1 is 0.804 bits per heavy atom. The highest BCUT2D eigenvalue weighted by atomic mass is 16.6. The van der Waals surface area contributed by atoms with E-state index in [4.69, 9.17) is 14.2 Å². The summed E-state index contributed by atoms with van der Waals surface area (Å²) in [6.45, 7) is 16.2. The smallest absolute Gasteiger partial charge is 0.408 e. The highest BCUT2D eigenvalue weighted by Crippen LogP contribution is 2.28. The average molecular weight is 634 g/mol. The highest BCUT2D eigenvalue weighted by molar-refractivity contribution is 5.97. The fourth-order valence-corrected chi connectivity index (χ4v) is 4.56. The average Bonchev–Trinajstić information content (AvgIpc) is 2.95. The number of hydrogen-bond donors (Lipinski definition) is 2. The van der Waals surface area contributed by atoms with Crippen LogP contribution >= 0.6 is 0 Å². The number of nitrogens with zero attached hydrogens (tertiary/aromatic N) is 1. The van der Waals surface area contributed by atoms with Crippen LogP contribution in [0.2, 0.25) is 0 Å². The van der Waals surface area contributed by atoms with Crippen molar-refractivity contribution in [3.8, 4) is 5.75 Å². The van der Waals surface area contributed by atoms with E-state index in [-0.39, 0.29) is 30.2 Å². The SMILES string of the molecule is COc1ccc(Cn2ccc(C)c(NC(=O)C(Cc3ccc(C(C)(C)C(=O)OC(C)(C)C)cc3)NC(=O)OC(C)(C)C)c2=O)cc1. The number of alkyl carbamates (subject to hydrolysis) is 1. The Kier molecular flexibility index (Phi) is 11.1. The minimum atomic E-state index is -1.08. The predicted octanol–water partition coefficient (Wildman–Crippen LogP) is 5.91. The molecule has 0 saturated heterocycles. The summed E-state index contributed by atoms with van der Waals surface area (Å²) in [7, 11) is 1.59. The van der Waals surface area contributed by atoms with Crippen LogP contribution in [0.5, 0.6) is 5.75 Å². The summed E-state index contributed by atoms with van der Waals surface area (Å²) in [5.41, 5.74) is 0.337. The zero-order valence-electron chi connectivity index (χ0n) is 28.6. The number of anilines is 1. The molecule has 0 aliphatic rings. The summed E-state index contributed by atoms with van der Waals surface area (Å²) in [6.07, 6.45) is 1.01. The molecule has 0 spiro atoms. The van der Waals surface area contributed by atoms with Gasteiger partial charge in [0.05, 0.1) is 19.1 Å². The van der Waals surface area contributed by atoms with Crippen molar-refractivity contribution in [3.63, 3.8) is 0 Å². The molecule has 3 rings (SSSR count). The van der Waals surface area contributed by atoms with E-state index in [1.54, 1.807) is 85.2 Å². The standard InChI is InChI=1S/C36H47N3O7/c1-23-19-20-39(22-25-13-17-27(44-10)18-14-25)31(41)29(23)38-30(40)28(37-33(43)46-35(5,6)7)21-24-11-15-26(16-12-24)36(8,9)32(42)45-34(2,3)4/h11-20,28H,21-22H2,1-10H3,(H,37,43)(H,38,40). The molecule has 1 unspecified atom stereocenters. The molecule has 10 nitrogen and oxygen atoms in total. The lowest BCUT2D eigenvalue weighted by Gasteiger charge is -2.29. The molecule has 10 heteroatoms. The summed E-state index contributed by atoms with van der Waals surface area (Å²) < 4.78 is 17.8. The van der Waals surface area contributed by atoms with E-state index in [1.165, 1.54) is 4.57 Å². The van der Waals surface area contributed by atoms with Crippen LogP contribution in [0.25, 0.3) is 0 Å². The molecule has 0 radical (unpaired) electrons. The van der Waals surface area contributed by atoms with Crippen molar-refractivity contribution in [2.75, 3.05) is 12.4 Å². The first-order valence-electron chi connectivity index (χ1n) is 15.3. The first-order valence-corrected chi connectivity index (χ1v) is 15.3. The van der Waals surface area contributed by atoms with Crippen molar-refractivity contribution in [2.45, 2.75) is 97.9 Å². The van der Waals surface area contributed by atoms with Crippen LogP contribution in [0, 0.1) is 6.92 Å². The van der Waals surface area contributed by atoms with E-state index < -0.39 is 34.7 Å². The third kappa shape index (κ3) is 9.95. The number of benzene rings is 2. The van der Waals surface area contributed by atoms with Gasteiger partial charge in [0.15, 0.2) is 0 Å². The van der Waals surface area contributed by atoms with Crippen molar-refractivity contribution in [1.29, 1.82) is 0 Å². The Morgan fingerprint density at radius 2 is 1.37 bits per heavy atom. The third-order valence-electron chi connectivity index (χ3n) is 7.17. The number of nitrogens with one attached hydrogen (secondary N) is 2. The van der Waals surface area contributed by atoms with Gasteiger partial charge in [-0.25, -0.2) is 4.79 Å². The number of ether oxygens (including phenoxy) is 3. The highest BCUT2D eigenvalue weighted by Gasteiger charge is 2.34. The second-order valence-corrected chi connectivity index (χ2v) is 13.9. The van der Waals surface area contributed by atoms with Gasteiger partial charge in [-0.2, -0.15) is 0 Å². The molecule has 1 atom stereocenters. The van der Waals surface area contributed by atoms with Crippen LogP contribution in [0.15, 0.2) is 65.6 Å². The number of carbonyl (C=O) groups excluding carboxylic acids is 3. The number of hydrogen-bond acceptors (Lipinski definition) is 7. The largest absolute Gasteiger partial charge is 0.497 e. The van der Waals surface area contributed by atoms with Gasteiger partial charge in [-0.1, -0.05) is 36.4 Å². The Hall–Kier alpha value is -4.60. The molecule has 2 aromatic carbocycles. The Morgan fingerprint density at radius 3 is 1.91 bits per heavy atom. The van der Waals surface area contributed by atoms with Crippen LogP contribution in [-0.2, 0) is 37.4 Å². The van der Waals surface area contributed by atoms with Gasteiger partial charge in [0.25, 0.3) is 5.56 Å². The van der Waals surface area contributed by atoms with Gasteiger partial charge < -0.3 is 29.4 Å². The van der Waals surface area contributed by atoms with Gasteiger partial charge in [-0.05, 0) is 103 Å². The van der Waals surface area contributed by atoms with Gasteiger partial charge >= 0.3 is 12.1 Å². The molecule has 46 heavy (non-hydrogen) atoms. The van der Waals surface area contributed by atoms with E-state index in [0.29, 0.717) is 11.3 Å². The maximum Gasteiger partial charge on any atom is 0.408 e. The van der Waals surface area contributed by atoms with Crippen molar-refractivity contribution < 1.29 is 28.6 Å². The number of aryl methyl sites for hydroxylation is 1. The summed E-state index contributed by atoms with van der Waals surface area (Å²) in [5.74, 6) is -0.225. The number of esters is 1. The molecule has 0 aliphatic carbocycles. The second-order valence-electron chi connectivity index (χ2n) is 13.9. The zero-order chi connectivity index (χ0) is 34.4. The number of pyridine rings is 1. The first kappa shape index (κ1) is 35.9. The molecule has 0 aliphatic heterocycles. The topological polar surface area (TPSA) is 125 Å². The van der Waals surface area contributed by atoms with Crippen LogP contribution < -0.4 is 20.9 Å². The fraction of sp³-hybridized carbons (Fsp3) is 0.444. The molecule has 0 saturated carbocycles. The lowest BCUT2D eigenvalue weighted by molar-refractivity contribution is -0.160.